The molecule has 0 spiro atoms. The number of allylic oxidation sites excluding steroid dienone is 2. The second-order valence-electron chi connectivity index (χ2n) is 8.02. The minimum absolute atomic E-state index is 0.0236. The second-order valence-corrected chi connectivity index (χ2v) is 11.8. The lowest BCUT2D eigenvalue weighted by molar-refractivity contribution is -0.138. The lowest BCUT2D eigenvalue weighted by Crippen LogP contribution is -2.56. The maximum Gasteiger partial charge on any atom is 0.304 e. The third-order valence-corrected chi connectivity index (χ3v) is 9.14. The Morgan fingerprint density at radius 3 is 2.81 bits per heavy atom. The molecule has 0 radical (unpaired) electrons. The first-order chi connectivity index (χ1) is 14.5. The number of thioether (sulfide) groups is 1. The van der Waals surface area contributed by atoms with Gasteiger partial charge in [-0.2, -0.15) is 0 Å². The van der Waals surface area contributed by atoms with Crippen molar-refractivity contribution in [2.45, 2.75) is 36.7 Å². The van der Waals surface area contributed by atoms with Gasteiger partial charge in [0.1, 0.15) is 5.66 Å². The van der Waals surface area contributed by atoms with E-state index in [1.54, 1.807) is 24.4 Å². The summed E-state index contributed by atoms with van der Waals surface area (Å²) < 4.78 is 25.5. The molecular formula is C21H22Cl2N2O4S2. The van der Waals surface area contributed by atoms with E-state index >= 15 is 0 Å². The van der Waals surface area contributed by atoms with Crippen molar-refractivity contribution in [1.29, 1.82) is 0 Å². The Morgan fingerprint density at radius 2 is 2.13 bits per heavy atom. The second kappa shape index (κ2) is 8.06. The Bertz CT molecular complexity index is 1160. The van der Waals surface area contributed by atoms with Crippen LogP contribution in [0.2, 0.25) is 10.0 Å². The van der Waals surface area contributed by atoms with Gasteiger partial charge in [-0.05, 0) is 44.2 Å². The molecule has 0 aliphatic carbocycles. The van der Waals surface area contributed by atoms with Crippen molar-refractivity contribution in [3.05, 3.63) is 61.6 Å². The first-order valence-electron chi connectivity index (χ1n) is 9.79. The number of dihydropyridines is 1. The van der Waals surface area contributed by atoms with Crippen LogP contribution in [0.4, 0.5) is 0 Å². The normalized spacial score (nSPS) is 25.4. The minimum Gasteiger partial charge on any atom is -0.481 e. The molecule has 3 aliphatic rings. The fourth-order valence-electron chi connectivity index (χ4n) is 4.59. The van der Waals surface area contributed by atoms with E-state index in [2.05, 4.69) is 10.2 Å². The van der Waals surface area contributed by atoms with Gasteiger partial charge in [-0.25, -0.2) is 8.42 Å². The van der Waals surface area contributed by atoms with Crippen LogP contribution in [0.3, 0.4) is 0 Å². The number of benzene rings is 1. The summed E-state index contributed by atoms with van der Waals surface area (Å²) in [6, 6.07) is 5.30. The van der Waals surface area contributed by atoms with E-state index in [1.807, 2.05) is 13.0 Å². The summed E-state index contributed by atoms with van der Waals surface area (Å²) in [6.45, 7) is 2.63. The summed E-state index contributed by atoms with van der Waals surface area (Å²) >= 11 is 14.0. The number of nitrogens with one attached hydrogen (secondary N) is 1. The quantitative estimate of drug-likeness (QED) is 0.609. The van der Waals surface area contributed by atoms with Crippen LogP contribution in [0.15, 0.2) is 56.5 Å². The van der Waals surface area contributed by atoms with E-state index in [1.165, 1.54) is 18.0 Å². The SMILES string of the molecule is CC12NC=CC(S(C)(=O)=O)=C1C(Sc1cccc(Cl)c1Cl)=C1C(CC(=O)O)CCCN12. The Kier molecular flexibility index (Phi) is 5.87. The number of fused-ring (bicyclic) bond motifs is 3. The number of hydrogen-bond acceptors (Lipinski definition) is 6. The number of sulfone groups is 1. The predicted molar refractivity (Wildman–Crippen MR) is 124 cm³/mol. The van der Waals surface area contributed by atoms with Crippen LogP contribution in [0.5, 0.6) is 0 Å². The van der Waals surface area contributed by atoms with Gasteiger partial charge in [0.05, 0.1) is 21.4 Å². The lowest BCUT2D eigenvalue weighted by Gasteiger charge is -2.45. The van der Waals surface area contributed by atoms with E-state index in [4.69, 9.17) is 23.2 Å². The summed E-state index contributed by atoms with van der Waals surface area (Å²) in [7, 11) is -3.54. The number of halogens is 2. The predicted octanol–water partition coefficient (Wildman–Crippen LogP) is 4.63. The number of hydrogen-bond donors (Lipinski definition) is 2. The van der Waals surface area contributed by atoms with Gasteiger partial charge in [0, 0.05) is 39.8 Å². The first-order valence-corrected chi connectivity index (χ1v) is 13.3. The van der Waals surface area contributed by atoms with Crippen molar-refractivity contribution >= 4 is 50.8 Å². The molecule has 166 valence electrons. The maximum absolute atomic E-state index is 12.7. The zero-order valence-electron chi connectivity index (χ0n) is 17.0. The highest BCUT2D eigenvalue weighted by Crippen LogP contribution is 2.55. The number of rotatable bonds is 5. The standard InChI is InChI=1S/C21H22Cl2N2O4S2/c1-21-17(15(8-9-24-21)31(2,28)29)20(30-14-7-3-6-13(22)18(14)23)19-12(11-16(26)27)5-4-10-25(19)21/h3,6-9,12,24H,4-5,10-11H2,1-2H3,(H,26,27). The zero-order valence-corrected chi connectivity index (χ0v) is 20.1. The van der Waals surface area contributed by atoms with Gasteiger partial charge in [-0.15, -0.1) is 0 Å². The van der Waals surface area contributed by atoms with Crippen molar-refractivity contribution < 1.29 is 18.3 Å². The monoisotopic (exact) mass is 500 g/mol. The lowest BCUT2D eigenvalue weighted by atomic mass is 9.91. The van der Waals surface area contributed by atoms with E-state index in [-0.39, 0.29) is 17.2 Å². The maximum atomic E-state index is 12.7. The third-order valence-electron chi connectivity index (χ3n) is 5.89. The molecule has 1 aromatic rings. The Hall–Kier alpha value is -1.61. The van der Waals surface area contributed by atoms with Gasteiger partial charge in [0.2, 0.25) is 0 Å². The fraction of sp³-hybridized carbons (Fsp3) is 0.381. The molecule has 0 saturated carbocycles. The van der Waals surface area contributed by atoms with E-state index in [0.29, 0.717) is 27.1 Å². The van der Waals surface area contributed by atoms with Crippen LogP contribution >= 0.6 is 35.0 Å². The molecule has 2 N–H and O–H groups in total. The van der Waals surface area contributed by atoms with Crippen LogP contribution in [0.25, 0.3) is 0 Å². The summed E-state index contributed by atoms with van der Waals surface area (Å²) in [5.74, 6) is -1.11. The summed E-state index contributed by atoms with van der Waals surface area (Å²) in [6.07, 6.45) is 5.92. The van der Waals surface area contributed by atoms with Crippen LogP contribution in [-0.4, -0.2) is 42.9 Å². The number of nitrogens with zero attached hydrogens (tertiary/aromatic N) is 1. The molecule has 0 aromatic heterocycles. The number of carboxylic acid groups (broad SMARTS) is 1. The molecule has 1 fully saturated rings. The average Bonchev–Trinajstić information content (AvgIpc) is 2.93. The summed E-state index contributed by atoms with van der Waals surface area (Å²) in [4.78, 5) is 15.4. The summed E-state index contributed by atoms with van der Waals surface area (Å²) in [5.41, 5.74) is 0.683. The first kappa shape index (κ1) is 22.6. The molecule has 31 heavy (non-hydrogen) atoms. The van der Waals surface area contributed by atoms with Crippen molar-refractivity contribution in [2.24, 2.45) is 5.92 Å². The van der Waals surface area contributed by atoms with Crippen LogP contribution in [0, 0.1) is 5.92 Å². The van der Waals surface area contributed by atoms with Crippen LogP contribution in [-0.2, 0) is 14.6 Å². The highest BCUT2D eigenvalue weighted by molar-refractivity contribution is 8.03. The Balaban J connectivity index is 1.99. The zero-order chi connectivity index (χ0) is 22.6. The molecule has 6 nitrogen and oxygen atoms in total. The fourth-order valence-corrected chi connectivity index (χ4v) is 7.47. The highest BCUT2D eigenvalue weighted by atomic mass is 35.5. The number of piperidine rings is 1. The minimum atomic E-state index is -3.54. The van der Waals surface area contributed by atoms with E-state index in [9.17, 15) is 18.3 Å². The number of aliphatic carboxylic acids is 1. The number of carbonyl (C=O) groups is 1. The molecule has 1 saturated heterocycles. The highest BCUT2D eigenvalue weighted by Gasteiger charge is 2.52. The van der Waals surface area contributed by atoms with Gasteiger partial charge < -0.3 is 15.3 Å². The van der Waals surface area contributed by atoms with Crippen LogP contribution in [0.1, 0.15) is 26.2 Å². The molecule has 0 amide bonds. The van der Waals surface area contributed by atoms with Gasteiger partial charge in [0.15, 0.2) is 9.84 Å². The molecule has 3 heterocycles. The van der Waals surface area contributed by atoms with Gasteiger partial charge in [-0.3, -0.25) is 4.79 Å². The van der Waals surface area contributed by atoms with Crippen LogP contribution < -0.4 is 5.32 Å². The van der Waals surface area contributed by atoms with Gasteiger partial charge >= 0.3 is 5.97 Å². The van der Waals surface area contributed by atoms with Gasteiger partial charge in [-0.1, -0.05) is 41.0 Å². The molecular weight excluding hydrogens is 479 g/mol. The Morgan fingerprint density at radius 1 is 1.39 bits per heavy atom. The smallest absolute Gasteiger partial charge is 0.304 e. The van der Waals surface area contributed by atoms with Crippen molar-refractivity contribution in [2.75, 3.05) is 12.8 Å². The average molecular weight is 501 g/mol. The van der Waals surface area contributed by atoms with E-state index in [0.717, 1.165) is 23.4 Å². The van der Waals surface area contributed by atoms with Crippen molar-refractivity contribution in [1.82, 2.24) is 10.2 Å². The molecule has 4 rings (SSSR count). The topological polar surface area (TPSA) is 86.7 Å². The number of carboxylic acids is 1. The van der Waals surface area contributed by atoms with Gasteiger partial charge in [0.25, 0.3) is 0 Å². The van der Waals surface area contributed by atoms with Crippen molar-refractivity contribution in [3.63, 3.8) is 0 Å². The third kappa shape index (κ3) is 3.88. The molecule has 1 aromatic carbocycles. The summed E-state index contributed by atoms with van der Waals surface area (Å²) in [5, 5.41) is 13.6. The molecule has 2 unspecified atom stereocenters. The molecule has 2 atom stereocenters. The largest absolute Gasteiger partial charge is 0.481 e. The Labute approximate surface area is 195 Å². The molecule has 3 aliphatic heterocycles. The molecule has 0 bridgehead atoms. The van der Waals surface area contributed by atoms with Crippen molar-refractivity contribution in [3.8, 4) is 0 Å². The van der Waals surface area contributed by atoms with E-state index < -0.39 is 21.5 Å². The molecule has 10 heteroatoms.